The van der Waals surface area contributed by atoms with Crippen LogP contribution in [0.3, 0.4) is 0 Å². The monoisotopic (exact) mass is 304 g/mol. The largest absolute Gasteiger partial charge is 0.326 e. The van der Waals surface area contributed by atoms with Gasteiger partial charge in [0.1, 0.15) is 6.07 Å². The number of hydrogen-bond donors (Lipinski definition) is 1. The fourth-order valence-corrected chi connectivity index (χ4v) is 2.45. The molecular formula is C13H13BrN4. The van der Waals surface area contributed by atoms with Gasteiger partial charge in [0.2, 0.25) is 5.82 Å². The number of rotatable bonds is 3. The minimum Gasteiger partial charge on any atom is -0.326 e. The third-order valence-electron chi connectivity index (χ3n) is 2.76. The molecule has 1 heterocycles. The molecule has 0 aliphatic rings. The van der Waals surface area contributed by atoms with Gasteiger partial charge in [-0.25, -0.2) is 4.98 Å². The van der Waals surface area contributed by atoms with E-state index in [0.29, 0.717) is 5.82 Å². The number of imidazole rings is 1. The quantitative estimate of drug-likeness (QED) is 0.947. The molecule has 92 valence electrons. The number of hydrogen-bond acceptors (Lipinski definition) is 3. The number of benzene rings is 1. The second-order valence-corrected chi connectivity index (χ2v) is 5.04. The highest BCUT2D eigenvalue weighted by molar-refractivity contribution is 9.10. The van der Waals surface area contributed by atoms with Crippen LogP contribution >= 0.6 is 15.9 Å². The highest BCUT2D eigenvalue weighted by Crippen LogP contribution is 2.25. The van der Waals surface area contributed by atoms with Gasteiger partial charge in [0.25, 0.3) is 0 Å². The van der Waals surface area contributed by atoms with Crippen LogP contribution in [0.4, 0.5) is 0 Å². The van der Waals surface area contributed by atoms with Crippen molar-refractivity contribution in [3.8, 4) is 6.07 Å². The summed E-state index contributed by atoms with van der Waals surface area (Å²) in [7, 11) is 0. The molecule has 2 unspecified atom stereocenters. The molecule has 0 saturated carbocycles. The van der Waals surface area contributed by atoms with Crippen molar-refractivity contribution >= 4 is 15.9 Å². The maximum Gasteiger partial charge on any atom is 0.213 e. The minimum atomic E-state index is -0.124. The zero-order valence-electron chi connectivity index (χ0n) is 9.92. The predicted molar refractivity (Wildman–Crippen MR) is 72.9 cm³/mol. The van der Waals surface area contributed by atoms with Gasteiger partial charge in [0, 0.05) is 22.9 Å². The lowest BCUT2D eigenvalue weighted by Gasteiger charge is -2.23. The highest BCUT2D eigenvalue weighted by atomic mass is 79.9. The second-order valence-electron chi connectivity index (χ2n) is 4.13. The Labute approximate surface area is 114 Å². The van der Waals surface area contributed by atoms with Gasteiger partial charge in [-0.1, -0.05) is 28.1 Å². The summed E-state index contributed by atoms with van der Waals surface area (Å²) in [5.41, 5.74) is 7.11. The Kier molecular flexibility index (Phi) is 3.80. The maximum absolute atomic E-state index is 9.06. The Morgan fingerprint density at radius 2 is 2.28 bits per heavy atom. The molecule has 0 amide bonds. The summed E-state index contributed by atoms with van der Waals surface area (Å²) in [4.78, 5) is 4.02. The van der Waals surface area contributed by atoms with Gasteiger partial charge in [-0.05, 0) is 24.6 Å². The van der Waals surface area contributed by atoms with Gasteiger partial charge >= 0.3 is 0 Å². The summed E-state index contributed by atoms with van der Waals surface area (Å²) in [5, 5.41) is 9.06. The van der Waals surface area contributed by atoms with Gasteiger partial charge < -0.3 is 10.3 Å². The summed E-state index contributed by atoms with van der Waals surface area (Å²) < 4.78 is 2.80. The Morgan fingerprint density at radius 1 is 1.50 bits per heavy atom. The van der Waals surface area contributed by atoms with Crippen molar-refractivity contribution in [3.63, 3.8) is 0 Å². The molecule has 18 heavy (non-hydrogen) atoms. The molecule has 5 heteroatoms. The smallest absolute Gasteiger partial charge is 0.213 e. The van der Waals surface area contributed by atoms with E-state index < -0.39 is 0 Å². The van der Waals surface area contributed by atoms with Crippen LogP contribution in [0.25, 0.3) is 0 Å². The van der Waals surface area contributed by atoms with Crippen LogP contribution < -0.4 is 5.73 Å². The Morgan fingerprint density at radius 3 is 2.89 bits per heavy atom. The van der Waals surface area contributed by atoms with Gasteiger partial charge in [-0.15, -0.1) is 0 Å². The molecule has 1 aromatic heterocycles. The highest BCUT2D eigenvalue weighted by Gasteiger charge is 2.20. The normalized spacial score (nSPS) is 13.9. The summed E-state index contributed by atoms with van der Waals surface area (Å²) in [5.74, 6) is 0.372. The SMILES string of the molecule is CC(N)C(c1cccc(Br)c1)n1ccnc1C#N. The minimum absolute atomic E-state index is 0.0975. The van der Waals surface area contributed by atoms with E-state index in [4.69, 9.17) is 11.0 Å². The molecule has 2 atom stereocenters. The second kappa shape index (κ2) is 5.34. The van der Waals surface area contributed by atoms with Crippen molar-refractivity contribution in [1.82, 2.24) is 9.55 Å². The van der Waals surface area contributed by atoms with Crippen molar-refractivity contribution in [2.45, 2.75) is 19.0 Å². The van der Waals surface area contributed by atoms with E-state index in [1.54, 1.807) is 12.4 Å². The van der Waals surface area contributed by atoms with E-state index in [2.05, 4.69) is 27.0 Å². The van der Waals surface area contributed by atoms with Crippen molar-refractivity contribution in [2.75, 3.05) is 0 Å². The zero-order valence-corrected chi connectivity index (χ0v) is 11.5. The molecular weight excluding hydrogens is 292 g/mol. The fourth-order valence-electron chi connectivity index (χ4n) is 2.03. The van der Waals surface area contributed by atoms with E-state index in [1.807, 2.05) is 35.8 Å². The number of nitrogens with two attached hydrogens (primary N) is 1. The first-order valence-electron chi connectivity index (χ1n) is 5.57. The molecule has 0 saturated heterocycles. The maximum atomic E-state index is 9.06. The van der Waals surface area contributed by atoms with Crippen LogP contribution in [0.15, 0.2) is 41.1 Å². The summed E-state index contributed by atoms with van der Waals surface area (Å²) in [6.45, 7) is 1.92. The van der Waals surface area contributed by atoms with Crippen LogP contribution in [0.1, 0.15) is 24.4 Å². The van der Waals surface area contributed by atoms with Crippen LogP contribution in [0, 0.1) is 11.3 Å². The first kappa shape index (κ1) is 12.8. The van der Waals surface area contributed by atoms with Gasteiger partial charge in [-0.3, -0.25) is 0 Å². The molecule has 2 N–H and O–H groups in total. The third kappa shape index (κ3) is 2.45. The third-order valence-corrected chi connectivity index (χ3v) is 3.25. The number of nitrogens with zero attached hydrogens (tertiary/aromatic N) is 3. The van der Waals surface area contributed by atoms with Crippen molar-refractivity contribution in [2.24, 2.45) is 5.73 Å². The molecule has 0 aliphatic carbocycles. The lowest BCUT2D eigenvalue weighted by Crippen LogP contribution is -2.30. The van der Waals surface area contributed by atoms with E-state index in [-0.39, 0.29) is 12.1 Å². The van der Waals surface area contributed by atoms with Crippen LogP contribution in [0.5, 0.6) is 0 Å². The molecule has 2 rings (SSSR count). The number of aromatic nitrogens is 2. The number of nitriles is 1. The summed E-state index contributed by atoms with van der Waals surface area (Å²) in [6, 6.07) is 9.78. The molecule has 0 bridgehead atoms. The fraction of sp³-hybridized carbons (Fsp3) is 0.231. The Balaban J connectivity index is 2.51. The standard InChI is InChI=1S/C13H13BrN4/c1-9(16)13(10-3-2-4-11(14)7-10)18-6-5-17-12(18)8-15/h2-7,9,13H,16H2,1H3. The molecule has 0 fully saturated rings. The average molecular weight is 305 g/mol. The molecule has 0 radical (unpaired) electrons. The van der Waals surface area contributed by atoms with Crippen LogP contribution in [0.2, 0.25) is 0 Å². The lowest BCUT2D eigenvalue weighted by molar-refractivity contribution is 0.492. The molecule has 2 aromatic rings. The molecule has 1 aromatic carbocycles. The van der Waals surface area contributed by atoms with Gasteiger partial charge in [0.05, 0.1) is 6.04 Å². The van der Waals surface area contributed by atoms with Gasteiger partial charge in [-0.2, -0.15) is 5.26 Å². The Bertz CT molecular complexity index is 583. The molecule has 0 aliphatic heterocycles. The lowest BCUT2D eigenvalue weighted by atomic mass is 10.0. The zero-order chi connectivity index (χ0) is 13.1. The van der Waals surface area contributed by atoms with Crippen molar-refractivity contribution in [3.05, 3.63) is 52.5 Å². The van der Waals surface area contributed by atoms with Crippen LogP contribution in [-0.4, -0.2) is 15.6 Å². The Hall–Kier alpha value is -1.64. The molecule has 4 nitrogen and oxygen atoms in total. The summed E-state index contributed by atoms with van der Waals surface area (Å²) >= 11 is 3.45. The topological polar surface area (TPSA) is 67.6 Å². The average Bonchev–Trinajstić information content (AvgIpc) is 2.77. The summed E-state index contributed by atoms with van der Waals surface area (Å²) in [6.07, 6.45) is 3.40. The first-order chi connectivity index (χ1) is 8.63. The van der Waals surface area contributed by atoms with Crippen molar-refractivity contribution in [1.29, 1.82) is 5.26 Å². The van der Waals surface area contributed by atoms with Gasteiger partial charge in [0.15, 0.2) is 0 Å². The van der Waals surface area contributed by atoms with E-state index in [0.717, 1.165) is 10.0 Å². The first-order valence-corrected chi connectivity index (χ1v) is 6.36. The number of halogens is 1. The molecule has 0 spiro atoms. The van der Waals surface area contributed by atoms with E-state index >= 15 is 0 Å². The van der Waals surface area contributed by atoms with E-state index in [1.165, 1.54) is 0 Å². The van der Waals surface area contributed by atoms with E-state index in [9.17, 15) is 0 Å². The predicted octanol–water partition coefficient (Wildman–Crippen LogP) is 2.45. The van der Waals surface area contributed by atoms with Crippen molar-refractivity contribution < 1.29 is 0 Å². The van der Waals surface area contributed by atoms with Crippen LogP contribution in [-0.2, 0) is 0 Å².